The van der Waals surface area contributed by atoms with E-state index in [9.17, 15) is 18.0 Å². The summed E-state index contributed by atoms with van der Waals surface area (Å²) >= 11 is 5.59. The fourth-order valence-electron chi connectivity index (χ4n) is 1.54. The Labute approximate surface area is 96.1 Å². The molecule has 0 heterocycles. The SMILES string of the molecule is CC(=O)NC1C(C)=CC=CC1(Cl)C(F)(F)F. The zero-order valence-corrected chi connectivity index (χ0v) is 9.49. The highest BCUT2D eigenvalue weighted by Crippen LogP contribution is 2.43. The van der Waals surface area contributed by atoms with E-state index in [0.717, 1.165) is 13.0 Å². The Kier molecular flexibility index (Phi) is 3.38. The maximum Gasteiger partial charge on any atom is 0.413 e. The lowest BCUT2D eigenvalue weighted by atomic mass is 9.87. The molecule has 90 valence electrons. The van der Waals surface area contributed by atoms with Gasteiger partial charge in [0.1, 0.15) is 0 Å². The van der Waals surface area contributed by atoms with Crippen LogP contribution in [0.15, 0.2) is 23.8 Å². The first-order chi connectivity index (χ1) is 7.18. The molecule has 1 aliphatic carbocycles. The average molecular weight is 254 g/mol. The highest BCUT2D eigenvalue weighted by atomic mass is 35.5. The van der Waals surface area contributed by atoms with Gasteiger partial charge < -0.3 is 5.32 Å². The van der Waals surface area contributed by atoms with Crippen LogP contribution in [0.3, 0.4) is 0 Å². The maximum atomic E-state index is 12.8. The number of carbonyl (C=O) groups excluding carboxylic acids is 1. The Balaban J connectivity index is 3.12. The van der Waals surface area contributed by atoms with Gasteiger partial charge in [-0.3, -0.25) is 4.79 Å². The van der Waals surface area contributed by atoms with Crippen molar-refractivity contribution in [3.63, 3.8) is 0 Å². The molecular weight excluding hydrogens is 243 g/mol. The Morgan fingerprint density at radius 3 is 2.56 bits per heavy atom. The van der Waals surface area contributed by atoms with Gasteiger partial charge in [0.25, 0.3) is 0 Å². The summed E-state index contributed by atoms with van der Waals surface area (Å²) in [5.41, 5.74) is 0.366. The molecule has 0 saturated carbocycles. The number of hydrogen-bond acceptors (Lipinski definition) is 1. The Morgan fingerprint density at radius 2 is 2.12 bits per heavy atom. The number of hydrogen-bond donors (Lipinski definition) is 1. The average Bonchev–Trinajstić information content (AvgIpc) is 2.09. The molecule has 0 fully saturated rings. The van der Waals surface area contributed by atoms with Crippen molar-refractivity contribution >= 4 is 17.5 Å². The van der Waals surface area contributed by atoms with E-state index in [1.54, 1.807) is 0 Å². The highest BCUT2D eigenvalue weighted by molar-refractivity contribution is 6.27. The molecule has 0 bridgehead atoms. The van der Waals surface area contributed by atoms with Crippen molar-refractivity contribution in [3.05, 3.63) is 23.8 Å². The van der Waals surface area contributed by atoms with Gasteiger partial charge in [-0.1, -0.05) is 18.2 Å². The van der Waals surface area contributed by atoms with Crippen LogP contribution >= 0.6 is 11.6 Å². The van der Waals surface area contributed by atoms with Gasteiger partial charge in [0.05, 0.1) is 6.04 Å². The topological polar surface area (TPSA) is 29.1 Å². The monoisotopic (exact) mass is 253 g/mol. The zero-order valence-electron chi connectivity index (χ0n) is 8.73. The van der Waals surface area contributed by atoms with Gasteiger partial charge in [0.2, 0.25) is 5.91 Å². The van der Waals surface area contributed by atoms with E-state index >= 15 is 0 Å². The van der Waals surface area contributed by atoms with E-state index < -0.39 is 23.0 Å². The number of nitrogens with one attached hydrogen (secondary N) is 1. The van der Waals surface area contributed by atoms with Crippen molar-refractivity contribution in [2.75, 3.05) is 0 Å². The third-order valence-corrected chi connectivity index (χ3v) is 2.91. The van der Waals surface area contributed by atoms with Crippen molar-refractivity contribution < 1.29 is 18.0 Å². The fraction of sp³-hybridized carbons (Fsp3) is 0.500. The molecule has 1 rings (SSSR count). The van der Waals surface area contributed by atoms with Crippen molar-refractivity contribution in [2.45, 2.75) is 30.9 Å². The molecule has 0 radical (unpaired) electrons. The van der Waals surface area contributed by atoms with Crippen LogP contribution in [0.2, 0.25) is 0 Å². The lowest BCUT2D eigenvalue weighted by molar-refractivity contribution is -0.155. The molecule has 16 heavy (non-hydrogen) atoms. The normalized spacial score (nSPS) is 29.9. The number of rotatable bonds is 1. The predicted molar refractivity (Wildman–Crippen MR) is 55.1 cm³/mol. The number of allylic oxidation sites excluding steroid dienone is 2. The summed E-state index contributed by atoms with van der Waals surface area (Å²) in [6.45, 7) is 2.65. The molecule has 0 aromatic carbocycles. The number of carbonyl (C=O) groups is 1. The fourth-order valence-corrected chi connectivity index (χ4v) is 1.84. The molecule has 2 unspecified atom stereocenters. The molecule has 2 nitrogen and oxygen atoms in total. The van der Waals surface area contributed by atoms with Crippen LogP contribution in [-0.4, -0.2) is 23.0 Å². The molecule has 0 aromatic rings. The Morgan fingerprint density at radius 1 is 1.56 bits per heavy atom. The first kappa shape index (κ1) is 13.1. The van der Waals surface area contributed by atoms with Crippen molar-refractivity contribution in [1.29, 1.82) is 0 Å². The van der Waals surface area contributed by atoms with Crippen molar-refractivity contribution in [3.8, 4) is 0 Å². The standard InChI is InChI=1S/C10H11ClF3NO/c1-6-4-3-5-9(11,10(12,13)14)8(6)15-7(2)16/h3-5,8H,1-2H3,(H,15,16). The molecule has 6 heteroatoms. The summed E-state index contributed by atoms with van der Waals surface area (Å²) in [7, 11) is 0. The van der Waals surface area contributed by atoms with Gasteiger partial charge in [-0.2, -0.15) is 13.2 Å². The van der Waals surface area contributed by atoms with Crippen LogP contribution in [0.4, 0.5) is 13.2 Å². The number of halogens is 4. The van der Waals surface area contributed by atoms with Gasteiger partial charge in [-0.05, 0) is 12.5 Å². The summed E-state index contributed by atoms with van der Waals surface area (Å²) in [4.78, 5) is 8.31. The van der Waals surface area contributed by atoms with Crippen LogP contribution in [0.5, 0.6) is 0 Å². The Bertz CT molecular complexity index is 362. The minimum atomic E-state index is -4.63. The molecule has 2 atom stereocenters. The van der Waals surface area contributed by atoms with Gasteiger partial charge in [0.15, 0.2) is 4.87 Å². The quantitative estimate of drug-likeness (QED) is 0.715. The lowest BCUT2D eigenvalue weighted by Crippen LogP contribution is -2.57. The predicted octanol–water partition coefficient (Wildman–Crippen LogP) is 2.55. The third kappa shape index (κ3) is 2.24. The highest BCUT2D eigenvalue weighted by Gasteiger charge is 2.58. The van der Waals surface area contributed by atoms with Crippen LogP contribution in [0.1, 0.15) is 13.8 Å². The summed E-state index contributed by atoms with van der Waals surface area (Å²) in [5.74, 6) is -0.553. The molecule has 0 spiro atoms. The summed E-state index contributed by atoms with van der Waals surface area (Å²) < 4.78 is 38.5. The Hall–Kier alpha value is -0.970. The second kappa shape index (κ2) is 4.13. The van der Waals surface area contributed by atoms with E-state index in [4.69, 9.17) is 11.6 Å². The molecule has 1 amide bonds. The van der Waals surface area contributed by atoms with E-state index in [-0.39, 0.29) is 0 Å². The first-order valence-corrected chi connectivity index (χ1v) is 4.95. The molecule has 1 aliphatic rings. The van der Waals surface area contributed by atoms with Crippen molar-refractivity contribution in [2.24, 2.45) is 0 Å². The van der Waals surface area contributed by atoms with E-state index in [2.05, 4.69) is 5.32 Å². The third-order valence-electron chi connectivity index (χ3n) is 2.36. The van der Waals surface area contributed by atoms with Crippen LogP contribution < -0.4 is 5.32 Å². The maximum absolute atomic E-state index is 12.8. The smallest absolute Gasteiger partial charge is 0.347 e. The van der Waals surface area contributed by atoms with Gasteiger partial charge in [-0.25, -0.2) is 0 Å². The van der Waals surface area contributed by atoms with Gasteiger partial charge in [-0.15, -0.1) is 11.6 Å². The summed E-state index contributed by atoms with van der Waals surface area (Å²) in [5, 5.41) is 2.22. The van der Waals surface area contributed by atoms with E-state index in [0.29, 0.717) is 5.57 Å². The molecule has 1 N–H and O–H groups in total. The molecule has 0 aliphatic heterocycles. The number of amides is 1. The summed E-state index contributed by atoms with van der Waals surface area (Å²) in [6, 6.07) is -1.27. The molecular formula is C10H11ClF3NO. The largest absolute Gasteiger partial charge is 0.413 e. The van der Waals surface area contributed by atoms with Gasteiger partial charge in [0, 0.05) is 6.92 Å². The summed E-state index contributed by atoms with van der Waals surface area (Å²) in [6.07, 6.45) is -1.04. The second-order valence-corrected chi connectivity index (χ2v) is 4.29. The lowest BCUT2D eigenvalue weighted by Gasteiger charge is -2.37. The number of alkyl halides is 4. The molecule has 0 aromatic heterocycles. The minimum absolute atomic E-state index is 0.366. The first-order valence-electron chi connectivity index (χ1n) is 4.57. The van der Waals surface area contributed by atoms with E-state index in [1.165, 1.54) is 19.1 Å². The zero-order chi connectivity index (χ0) is 12.6. The second-order valence-electron chi connectivity index (χ2n) is 3.67. The van der Waals surface area contributed by atoms with Crippen LogP contribution in [-0.2, 0) is 4.79 Å². The van der Waals surface area contributed by atoms with Crippen molar-refractivity contribution in [1.82, 2.24) is 5.32 Å². The van der Waals surface area contributed by atoms with E-state index in [1.807, 2.05) is 0 Å². The minimum Gasteiger partial charge on any atom is -0.347 e. The van der Waals surface area contributed by atoms with Crippen LogP contribution in [0.25, 0.3) is 0 Å². The van der Waals surface area contributed by atoms with Crippen LogP contribution in [0, 0.1) is 0 Å². The molecule has 0 saturated heterocycles. The van der Waals surface area contributed by atoms with Gasteiger partial charge >= 0.3 is 6.18 Å².